The van der Waals surface area contributed by atoms with Gasteiger partial charge >= 0.3 is 5.97 Å². The Hall–Kier alpha value is -2.46. The minimum atomic E-state index is -1.08. The summed E-state index contributed by atoms with van der Waals surface area (Å²) in [4.78, 5) is 25.4. The number of benzene rings is 2. The van der Waals surface area contributed by atoms with E-state index < -0.39 is 12.4 Å². The number of aliphatic carboxylic acids is 1. The molecule has 124 valence electrons. The molecule has 0 aromatic heterocycles. The number of hydrogen-bond donors (Lipinski definition) is 1. The normalized spacial score (nSPS) is 17.8. The maximum atomic E-state index is 12.2. The predicted octanol–water partition coefficient (Wildman–Crippen LogP) is 3.33. The van der Waals surface area contributed by atoms with E-state index in [1.807, 2.05) is 30.3 Å². The first-order chi connectivity index (χ1) is 11.6. The van der Waals surface area contributed by atoms with Gasteiger partial charge in [0.15, 0.2) is 5.78 Å². The summed E-state index contributed by atoms with van der Waals surface area (Å²) in [5, 5.41) is 8.88. The molecule has 0 spiro atoms. The summed E-state index contributed by atoms with van der Waals surface area (Å²) in [6.45, 7) is 2.79. The van der Waals surface area contributed by atoms with E-state index in [0.29, 0.717) is 5.56 Å². The summed E-state index contributed by atoms with van der Waals surface area (Å²) in [6, 6.07) is 17.8. The Balaban J connectivity index is 1.72. The summed E-state index contributed by atoms with van der Waals surface area (Å²) in [6.07, 6.45) is 0.543. The predicted molar refractivity (Wildman–Crippen MR) is 92.1 cm³/mol. The Morgan fingerprint density at radius 3 is 2.50 bits per heavy atom. The number of carboxylic acids is 1. The third-order valence-electron chi connectivity index (χ3n) is 4.53. The highest BCUT2D eigenvalue weighted by Crippen LogP contribution is 2.31. The van der Waals surface area contributed by atoms with Gasteiger partial charge in [-0.1, -0.05) is 54.6 Å². The van der Waals surface area contributed by atoms with E-state index >= 15 is 0 Å². The molecule has 1 atom stereocenters. The van der Waals surface area contributed by atoms with Crippen molar-refractivity contribution in [2.24, 2.45) is 0 Å². The zero-order valence-electron chi connectivity index (χ0n) is 13.5. The third kappa shape index (κ3) is 3.89. The molecule has 0 radical (unpaired) electrons. The van der Waals surface area contributed by atoms with Crippen LogP contribution in [0.4, 0.5) is 0 Å². The van der Waals surface area contributed by atoms with E-state index in [9.17, 15) is 9.59 Å². The summed E-state index contributed by atoms with van der Waals surface area (Å²) >= 11 is 0. The fraction of sp³-hybridized carbons (Fsp3) is 0.300. The van der Waals surface area contributed by atoms with Crippen molar-refractivity contribution < 1.29 is 14.7 Å². The molecule has 0 amide bonds. The van der Waals surface area contributed by atoms with Crippen LogP contribution >= 0.6 is 0 Å². The van der Waals surface area contributed by atoms with Crippen molar-refractivity contribution in [2.45, 2.75) is 25.3 Å². The maximum Gasteiger partial charge on any atom is 0.311 e. The number of carbonyl (C=O) groups excluding carboxylic acids is 1. The van der Waals surface area contributed by atoms with Crippen molar-refractivity contribution in [2.75, 3.05) is 13.1 Å². The Morgan fingerprint density at radius 2 is 1.75 bits per heavy atom. The molecule has 4 heteroatoms. The van der Waals surface area contributed by atoms with Gasteiger partial charge in [0.1, 0.15) is 6.42 Å². The maximum absolute atomic E-state index is 12.2. The summed E-state index contributed by atoms with van der Waals surface area (Å²) in [7, 11) is 0. The number of Topliss-reactive ketones (excluding diaryl/α,β-unsaturated/α-hetero) is 1. The molecule has 1 heterocycles. The number of carboxylic acid groups (broad SMARTS) is 1. The molecule has 2 aromatic rings. The van der Waals surface area contributed by atoms with E-state index in [1.165, 1.54) is 5.56 Å². The Labute approximate surface area is 141 Å². The topological polar surface area (TPSA) is 57.6 Å². The molecule has 1 N–H and O–H groups in total. The first kappa shape index (κ1) is 16.4. The third-order valence-corrected chi connectivity index (χ3v) is 4.53. The van der Waals surface area contributed by atoms with E-state index in [1.54, 1.807) is 12.1 Å². The number of nitrogens with zero attached hydrogens (tertiary/aromatic N) is 1. The van der Waals surface area contributed by atoms with Crippen LogP contribution in [0.25, 0.3) is 0 Å². The minimum Gasteiger partial charge on any atom is -0.481 e. The monoisotopic (exact) mass is 323 g/mol. The smallest absolute Gasteiger partial charge is 0.311 e. The molecule has 1 aliphatic heterocycles. The van der Waals surface area contributed by atoms with E-state index in [0.717, 1.165) is 31.6 Å². The lowest BCUT2D eigenvalue weighted by molar-refractivity contribution is -0.135. The lowest BCUT2D eigenvalue weighted by atomic mass is 9.91. The average molecular weight is 323 g/mol. The van der Waals surface area contributed by atoms with Gasteiger partial charge in [0.25, 0.3) is 0 Å². The van der Waals surface area contributed by atoms with Crippen LogP contribution in [0.5, 0.6) is 0 Å². The molecule has 2 aromatic carbocycles. The molecule has 1 fully saturated rings. The van der Waals surface area contributed by atoms with Gasteiger partial charge < -0.3 is 5.11 Å². The molecule has 24 heavy (non-hydrogen) atoms. The molecule has 1 aliphatic rings. The lowest BCUT2D eigenvalue weighted by Gasteiger charge is -2.17. The van der Waals surface area contributed by atoms with Crippen molar-refractivity contribution in [3.63, 3.8) is 0 Å². The van der Waals surface area contributed by atoms with Gasteiger partial charge in [-0.15, -0.1) is 0 Å². The van der Waals surface area contributed by atoms with Crippen LogP contribution in [0.15, 0.2) is 54.6 Å². The van der Waals surface area contributed by atoms with E-state index in [4.69, 9.17) is 5.11 Å². The van der Waals surface area contributed by atoms with Gasteiger partial charge in [-0.25, -0.2) is 0 Å². The zero-order chi connectivity index (χ0) is 16.9. The van der Waals surface area contributed by atoms with E-state index in [2.05, 4.69) is 17.0 Å². The Morgan fingerprint density at radius 1 is 1.04 bits per heavy atom. The number of rotatable bonds is 6. The molecule has 0 bridgehead atoms. The lowest BCUT2D eigenvalue weighted by Crippen LogP contribution is -2.20. The van der Waals surface area contributed by atoms with Crippen LogP contribution in [0.1, 0.15) is 40.2 Å². The van der Waals surface area contributed by atoms with Gasteiger partial charge in [-0.2, -0.15) is 0 Å². The quantitative estimate of drug-likeness (QED) is 0.654. The van der Waals surface area contributed by atoms with Crippen LogP contribution in [0.3, 0.4) is 0 Å². The van der Waals surface area contributed by atoms with Crippen LogP contribution < -0.4 is 0 Å². The molecule has 4 nitrogen and oxygen atoms in total. The van der Waals surface area contributed by atoms with Crippen molar-refractivity contribution >= 4 is 11.8 Å². The largest absolute Gasteiger partial charge is 0.481 e. The van der Waals surface area contributed by atoms with Crippen molar-refractivity contribution in [3.8, 4) is 0 Å². The van der Waals surface area contributed by atoms with Gasteiger partial charge in [-0.3, -0.25) is 14.5 Å². The second-order valence-electron chi connectivity index (χ2n) is 6.29. The number of ketones is 1. The number of hydrogen-bond acceptors (Lipinski definition) is 3. The first-order valence-corrected chi connectivity index (χ1v) is 8.23. The Kier molecular flexibility index (Phi) is 5.06. The van der Waals surface area contributed by atoms with Crippen molar-refractivity contribution in [1.82, 2.24) is 4.90 Å². The van der Waals surface area contributed by atoms with Gasteiger partial charge in [0.2, 0.25) is 0 Å². The van der Waals surface area contributed by atoms with Crippen molar-refractivity contribution in [1.29, 1.82) is 0 Å². The minimum absolute atomic E-state index is 0.280. The van der Waals surface area contributed by atoms with Gasteiger partial charge in [0, 0.05) is 18.7 Å². The average Bonchev–Trinajstić information content (AvgIpc) is 3.03. The summed E-state index contributed by atoms with van der Waals surface area (Å²) in [5.74, 6) is -1.10. The molecule has 1 saturated heterocycles. The zero-order valence-corrected chi connectivity index (χ0v) is 13.5. The molecule has 0 saturated carbocycles. The van der Waals surface area contributed by atoms with Crippen LogP contribution in [0.2, 0.25) is 0 Å². The fourth-order valence-electron chi connectivity index (χ4n) is 3.41. The second kappa shape index (κ2) is 7.41. The first-order valence-electron chi connectivity index (χ1n) is 8.23. The standard InChI is InChI=1S/C20H21NO3/c22-19(12-20(23)24)18-9-5-4-8-17(18)16-10-11-21(14-16)13-15-6-2-1-3-7-15/h1-9,16H,10-14H2,(H,23,24). The molecular formula is C20H21NO3. The highest BCUT2D eigenvalue weighted by molar-refractivity contribution is 6.06. The molecular weight excluding hydrogens is 302 g/mol. The summed E-state index contributed by atoms with van der Waals surface area (Å²) in [5.41, 5.74) is 2.83. The van der Waals surface area contributed by atoms with Crippen molar-refractivity contribution in [3.05, 3.63) is 71.3 Å². The van der Waals surface area contributed by atoms with Crippen LogP contribution in [0, 0.1) is 0 Å². The SMILES string of the molecule is O=C(O)CC(=O)c1ccccc1C1CCN(Cc2ccccc2)C1. The van der Waals surface area contributed by atoms with Crippen LogP contribution in [-0.4, -0.2) is 34.8 Å². The molecule has 3 rings (SSSR count). The van der Waals surface area contributed by atoms with Gasteiger partial charge in [0.05, 0.1) is 0 Å². The summed E-state index contributed by atoms with van der Waals surface area (Å²) < 4.78 is 0. The van der Waals surface area contributed by atoms with E-state index in [-0.39, 0.29) is 11.7 Å². The Bertz CT molecular complexity index is 727. The van der Waals surface area contributed by atoms with Crippen LogP contribution in [-0.2, 0) is 11.3 Å². The second-order valence-corrected chi connectivity index (χ2v) is 6.29. The number of likely N-dealkylation sites (tertiary alicyclic amines) is 1. The molecule has 1 unspecified atom stereocenters. The highest BCUT2D eigenvalue weighted by atomic mass is 16.4. The molecule has 0 aliphatic carbocycles. The number of carbonyl (C=O) groups is 2. The highest BCUT2D eigenvalue weighted by Gasteiger charge is 2.27. The van der Waals surface area contributed by atoms with Gasteiger partial charge in [-0.05, 0) is 30.0 Å². The fourth-order valence-corrected chi connectivity index (χ4v) is 3.41.